The number of rotatable bonds is 3. The number of hydrogen-bond donors (Lipinski definition) is 1. The Labute approximate surface area is 98.3 Å². The smallest absolute Gasteiger partial charge is 0.0249 e. The molecule has 1 heteroatoms. The molecule has 0 saturated heterocycles. The van der Waals surface area contributed by atoms with E-state index in [9.17, 15) is 0 Å². The minimum atomic E-state index is 0.496. The van der Waals surface area contributed by atoms with Gasteiger partial charge in [-0.05, 0) is 37.9 Å². The zero-order valence-corrected chi connectivity index (χ0v) is 10.1. The monoisotopic (exact) mass is 213 g/mol. The highest BCUT2D eigenvalue weighted by atomic mass is 14.9. The molecule has 1 aliphatic carbocycles. The summed E-state index contributed by atoms with van der Waals surface area (Å²) < 4.78 is 0. The van der Waals surface area contributed by atoms with Crippen LogP contribution in [-0.2, 0) is 6.42 Å². The highest BCUT2D eigenvalue weighted by molar-refractivity contribution is 5.36. The molecule has 1 aromatic rings. The molecule has 1 N–H and O–H groups in total. The van der Waals surface area contributed by atoms with Gasteiger partial charge in [-0.2, -0.15) is 0 Å². The second kappa shape index (κ2) is 5.18. The van der Waals surface area contributed by atoms with Crippen molar-refractivity contribution in [3.8, 4) is 11.8 Å². The third-order valence-corrected chi connectivity index (χ3v) is 3.53. The fraction of sp³-hybridized carbons (Fsp3) is 0.467. The van der Waals surface area contributed by atoms with Crippen LogP contribution in [0.3, 0.4) is 0 Å². The van der Waals surface area contributed by atoms with E-state index in [1.54, 1.807) is 0 Å². The van der Waals surface area contributed by atoms with Gasteiger partial charge in [0.25, 0.3) is 0 Å². The molecular weight excluding hydrogens is 194 g/mol. The fourth-order valence-corrected chi connectivity index (χ4v) is 2.67. The Bertz CT molecular complexity index is 411. The van der Waals surface area contributed by atoms with Crippen molar-refractivity contribution in [1.29, 1.82) is 0 Å². The van der Waals surface area contributed by atoms with E-state index in [0.29, 0.717) is 12.0 Å². The zero-order chi connectivity index (χ0) is 11.4. The van der Waals surface area contributed by atoms with Gasteiger partial charge in [-0.3, -0.25) is 0 Å². The molecule has 2 unspecified atom stereocenters. The Morgan fingerprint density at radius 1 is 1.44 bits per heavy atom. The Morgan fingerprint density at radius 2 is 2.25 bits per heavy atom. The minimum absolute atomic E-state index is 0.496. The lowest BCUT2D eigenvalue weighted by molar-refractivity contribution is 0.467. The molecule has 0 aromatic heterocycles. The number of benzene rings is 1. The predicted molar refractivity (Wildman–Crippen MR) is 68.4 cm³/mol. The lowest BCUT2D eigenvalue weighted by Crippen LogP contribution is -2.30. The van der Waals surface area contributed by atoms with E-state index in [0.717, 1.165) is 6.42 Å². The summed E-state index contributed by atoms with van der Waals surface area (Å²) in [5, 5.41) is 3.42. The molecule has 0 aliphatic heterocycles. The van der Waals surface area contributed by atoms with Crippen molar-refractivity contribution in [2.75, 3.05) is 7.05 Å². The van der Waals surface area contributed by atoms with Crippen molar-refractivity contribution in [1.82, 2.24) is 5.32 Å². The van der Waals surface area contributed by atoms with E-state index in [-0.39, 0.29) is 0 Å². The van der Waals surface area contributed by atoms with Gasteiger partial charge in [0.15, 0.2) is 0 Å². The first-order valence-corrected chi connectivity index (χ1v) is 6.01. The largest absolute Gasteiger partial charge is 0.315 e. The van der Waals surface area contributed by atoms with E-state index in [4.69, 9.17) is 0 Å². The minimum Gasteiger partial charge on any atom is -0.315 e. The van der Waals surface area contributed by atoms with Crippen molar-refractivity contribution in [3.05, 3.63) is 35.4 Å². The third kappa shape index (κ3) is 2.13. The van der Waals surface area contributed by atoms with Gasteiger partial charge < -0.3 is 5.32 Å². The number of hydrogen-bond acceptors (Lipinski definition) is 1. The second-order valence-corrected chi connectivity index (χ2v) is 4.37. The van der Waals surface area contributed by atoms with Crippen LogP contribution in [0.1, 0.15) is 36.8 Å². The molecule has 0 amide bonds. The van der Waals surface area contributed by atoms with Crippen molar-refractivity contribution in [2.24, 2.45) is 0 Å². The van der Waals surface area contributed by atoms with Crippen molar-refractivity contribution in [3.63, 3.8) is 0 Å². The van der Waals surface area contributed by atoms with Gasteiger partial charge in [0, 0.05) is 18.4 Å². The third-order valence-electron chi connectivity index (χ3n) is 3.53. The van der Waals surface area contributed by atoms with Gasteiger partial charge in [-0.25, -0.2) is 0 Å². The summed E-state index contributed by atoms with van der Waals surface area (Å²) in [5.74, 6) is 6.83. The van der Waals surface area contributed by atoms with Crippen LogP contribution in [0.25, 0.3) is 0 Å². The Kier molecular flexibility index (Phi) is 3.64. The molecular formula is C15H19N. The average molecular weight is 213 g/mol. The number of nitrogens with one attached hydrogen (secondary N) is 1. The molecule has 2 atom stereocenters. The van der Waals surface area contributed by atoms with Crippen LogP contribution in [0.2, 0.25) is 0 Å². The molecule has 0 heterocycles. The van der Waals surface area contributed by atoms with Gasteiger partial charge in [-0.1, -0.05) is 24.3 Å². The van der Waals surface area contributed by atoms with E-state index in [1.165, 1.54) is 24.0 Å². The summed E-state index contributed by atoms with van der Waals surface area (Å²) in [7, 11) is 2.04. The highest BCUT2D eigenvalue weighted by Gasteiger charge is 2.27. The van der Waals surface area contributed by atoms with Crippen LogP contribution >= 0.6 is 0 Å². The Balaban J connectivity index is 2.18. The topological polar surface area (TPSA) is 12.0 Å². The van der Waals surface area contributed by atoms with Gasteiger partial charge in [0.05, 0.1) is 0 Å². The molecule has 0 fully saturated rings. The van der Waals surface area contributed by atoms with Crippen LogP contribution in [0.15, 0.2) is 24.3 Å². The van der Waals surface area contributed by atoms with Crippen LogP contribution in [-0.4, -0.2) is 13.1 Å². The lowest BCUT2D eigenvalue weighted by Gasteiger charge is -2.22. The van der Waals surface area contributed by atoms with Crippen LogP contribution < -0.4 is 5.32 Å². The molecule has 1 aromatic carbocycles. The standard InChI is InChI=1S/C15H19N/c1-3-4-9-15(16-2)14-11-10-12-7-5-6-8-13(12)14/h5-8,14-16H,9-11H2,1-2H3. The lowest BCUT2D eigenvalue weighted by atomic mass is 9.91. The summed E-state index contributed by atoms with van der Waals surface area (Å²) in [6, 6.07) is 9.32. The molecule has 0 spiro atoms. The fourth-order valence-electron chi connectivity index (χ4n) is 2.67. The molecule has 0 bridgehead atoms. The molecule has 2 rings (SSSR count). The quantitative estimate of drug-likeness (QED) is 0.761. The molecule has 1 nitrogen and oxygen atoms in total. The predicted octanol–water partition coefficient (Wildman–Crippen LogP) is 2.72. The second-order valence-electron chi connectivity index (χ2n) is 4.37. The maximum atomic E-state index is 3.42. The zero-order valence-electron chi connectivity index (χ0n) is 10.1. The van der Waals surface area contributed by atoms with Crippen LogP contribution in [0, 0.1) is 11.8 Å². The normalized spacial score (nSPS) is 19.8. The molecule has 1 aliphatic rings. The molecule has 0 saturated carbocycles. The summed E-state index contributed by atoms with van der Waals surface area (Å²) in [4.78, 5) is 0. The van der Waals surface area contributed by atoms with Gasteiger partial charge >= 0.3 is 0 Å². The van der Waals surface area contributed by atoms with Gasteiger partial charge in [-0.15, -0.1) is 11.8 Å². The van der Waals surface area contributed by atoms with E-state index in [1.807, 2.05) is 14.0 Å². The summed E-state index contributed by atoms with van der Waals surface area (Å²) >= 11 is 0. The summed E-state index contributed by atoms with van der Waals surface area (Å²) in [5.41, 5.74) is 3.05. The van der Waals surface area contributed by atoms with E-state index in [2.05, 4.69) is 41.4 Å². The SMILES string of the molecule is CC#CCC(NC)C1CCc2ccccc21. The first-order valence-electron chi connectivity index (χ1n) is 6.01. The molecule has 16 heavy (non-hydrogen) atoms. The Hall–Kier alpha value is -1.26. The van der Waals surface area contributed by atoms with Gasteiger partial charge in [0.1, 0.15) is 0 Å². The number of fused-ring (bicyclic) bond motifs is 1. The molecule has 0 radical (unpaired) electrons. The van der Waals surface area contributed by atoms with Crippen LogP contribution in [0.5, 0.6) is 0 Å². The number of likely N-dealkylation sites (N-methyl/N-ethyl adjacent to an activating group) is 1. The number of aryl methyl sites for hydroxylation is 1. The van der Waals surface area contributed by atoms with Gasteiger partial charge in [0.2, 0.25) is 0 Å². The maximum absolute atomic E-state index is 3.42. The van der Waals surface area contributed by atoms with Crippen molar-refractivity contribution in [2.45, 2.75) is 38.1 Å². The van der Waals surface area contributed by atoms with Crippen molar-refractivity contribution < 1.29 is 0 Å². The highest BCUT2D eigenvalue weighted by Crippen LogP contribution is 2.35. The van der Waals surface area contributed by atoms with Crippen LogP contribution in [0.4, 0.5) is 0 Å². The van der Waals surface area contributed by atoms with E-state index < -0.39 is 0 Å². The first-order chi connectivity index (χ1) is 7.86. The summed E-state index contributed by atoms with van der Waals surface area (Å²) in [6.45, 7) is 1.91. The first kappa shape index (κ1) is 11.2. The Morgan fingerprint density at radius 3 is 3.00 bits per heavy atom. The molecule has 84 valence electrons. The summed E-state index contributed by atoms with van der Waals surface area (Å²) in [6.07, 6.45) is 3.43. The van der Waals surface area contributed by atoms with E-state index >= 15 is 0 Å². The maximum Gasteiger partial charge on any atom is 0.0249 e. The average Bonchev–Trinajstić information content (AvgIpc) is 2.75. The van der Waals surface area contributed by atoms with Crippen molar-refractivity contribution >= 4 is 0 Å².